The molecule has 1 aromatic heterocycles. The van der Waals surface area contributed by atoms with Crippen LogP contribution in [-0.4, -0.2) is 27.2 Å². The van der Waals surface area contributed by atoms with Crippen LogP contribution in [-0.2, 0) is 0 Å². The predicted molar refractivity (Wildman–Crippen MR) is 58.9 cm³/mol. The van der Waals surface area contributed by atoms with Crippen molar-refractivity contribution in [2.45, 2.75) is 32.4 Å². The molecule has 1 heterocycles. The number of rotatable bonds is 2. The lowest BCUT2D eigenvalue weighted by molar-refractivity contribution is -0.0511. The van der Waals surface area contributed by atoms with Crippen LogP contribution >= 0.6 is 11.6 Å². The van der Waals surface area contributed by atoms with E-state index in [0.717, 1.165) is 6.42 Å². The average Bonchev–Trinajstić information content (AvgIpc) is 2.17. The Kier molecular flexibility index (Phi) is 2.56. The van der Waals surface area contributed by atoms with Gasteiger partial charge in [-0.2, -0.15) is 0 Å². The van der Waals surface area contributed by atoms with Gasteiger partial charge in [0.1, 0.15) is 5.82 Å². The highest BCUT2D eigenvalue weighted by atomic mass is 35.5. The maximum atomic E-state index is 9.58. The second kappa shape index (κ2) is 3.61. The van der Waals surface area contributed by atoms with Gasteiger partial charge in [0.05, 0.1) is 6.10 Å². The Labute approximate surface area is 93.7 Å². The van der Waals surface area contributed by atoms with Crippen LogP contribution in [0.25, 0.3) is 0 Å². The lowest BCUT2D eigenvalue weighted by Gasteiger charge is -2.49. The van der Waals surface area contributed by atoms with Gasteiger partial charge in [0.15, 0.2) is 0 Å². The maximum absolute atomic E-state index is 9.58. The smallest absolute Gasteiger partial charge is 0.224 e. The number of nitrogens with one attached hydrogen (secondary N) is 1. The van der Waals surface area contributed by atoms with E-state index in [-0.39, 0.29) is 22.8 Å². The van der Waals surface area contributed by atoms with E-state index < -0.39 is 0 Å². The zero-order chi connectivity index (χ0) is 11.1. The summed E-state index contributed by atoms with van der Waals surface area (Å²) >= 11 is 5.68. The number of anilines is 1. The third kappa shape index (κ3) is 1.92. The van der Waals surface area contributed by atoms with E-state index in [1.807, 2.05) is 13.8 Å². The van der Waals surface area contributed by atoms with Crippen molar-refractivity contribution in [1.82, 2.24) is 9.97 Å². The van der Waals surface area contributed by atoms with Gasteiger partial charge in [-0.3, -0.25) is 0 Å². The molecule has 2 rings (SSSR count). The lowest BCUT2D eigenvalue weighted by atomic mass is 9.64. The van der Waals surface area contributed by atoms with Gasteiger partial charge in [-0.05, 0) is 24.1 Å². The van der Waals surface area contributed by atoms with Crippen LogP contribution in [0.3, 0.4) is 0 Å². The number of aliphatic hydroxyl groups excluding tert-OH is 1. The minimum atomic E-state index is -0.243. The van der Waals surface area contributed by atoms with Crippen LogP contribution < -0.4 is 5.32 Å². The van der Waals surface area contributed by atoms with Crippen LogP contribution in [0.2, 0.25) is 5.28 Å². The molecule has 1 aromatic rings. The van der Waals surface area contributed by atoms with Crippen molar-refractivity contribution in [2.75, 3.05) is 5.32 Å². The van der Waals surface area contributed by atoms with Crippen molar-refractivity contribution in [3.8, 4) is 0 Å². The summed E-state index contributed by atoms with van der Waals surface area (Å²) in [6.45, 7) is 4.06. The summed E-state index contributed by atoms with van der Waals surface area (Å²) < 4.78 is 0. The molecule has 0 aliphatic heterocycles. The van der Waals surface area contributed by atoms with E-state index in [1.54, 1.807) is 12.3 Å². The summed E-state index contributed by atoms with van der Waals surface area (Å²) in [5, 5.41) is 13.1. The Bertz CT molecular complexity index is 369. The average molecular weight is 228 g/mol. The zero-order valence-electron chi connectivity index (χ0n) is 8.74. The third-order valence-corrected chi connectivity index (χ3v) is 3.35. The molecule has 2 atom stereocenters. The van der Waals surface area contributed by atoms with Crippen molar-refractivity contribution in [1.29, 1.82) is 0 Å². The van der Waals surface area contributed by atoms with E-state index in [1.165, 1.54) is 0 Å². The van der Waals surface area contributed by atoms with Crippen LogP contribution in [0.4, 0.5) is 5.82 Å². The van der Waals surface area contributed by atoms with Crippen molar-refractivity contribution in [3.63, 3.8) is 0 Å². The van der Waals surface area contributed by atoms with Crippen molar-refractivity contribution >= 4 is 17.4 Å². The first-order chi connectivity index (χ1) is 7.00. The molecule has 1 aliphatic rings. The molecule has 0 saturated heterocycles. The number of halogens is 1. The van der Waals surface area contributed by atoms with Crippen molar-refractivity contribution < 1.29 is 5.11 Å². The van der Waals surface area contributed by atoms with Crippen LogP contribution in [0.1, 0.15) is 20.3 Å². The minimum Gasteiger partial charge on any atom is -0.392 e. The topological polar surface area (TPSA) is 58.0 Å². The number of hydrogen-bond donors (Lipinski definition) is 2. The molecule has 15 heavy (non-hydrogen) atoms. The molecule has 0 bridgehead atoms. The van der Waals surface area contributed by atoms with Gasteiger partial charge in [-0.15, -0.1) is 0 Å². The van der Waals surface area contributed by atoms with E-state index in [4.69, 9.17) is 11.6 Å². The van der Waals surface area contributed by atoms with Crippen molar-refractivity contribution in [3.05, 3.63) is 17.5 Å². The Hall–Kier alpha value is -0.870. The van der Waals surface area contributed by atoms with E-state index >= 15 is 0 Å². The van der Waals surface area contributed by atoms with Gasteiger partial charge in [-0.25, -0.2) is 9.97 Å². The predicted octanol–water partition coefficient (Wildman–Crippen LogP) is 1.70. The summed E-state index contributed by atoms with van der Waals surface area (Å²) in [5.74, 6) is 0.708. The third-order valence-electron chi connectivity index (χ3n) is 3.16. The Morgan fingerprint density at radius 2 is 2.33 bits per heavy atom. The van der Waals surface area contributed by atoms with Gasteiger partial charge < -0.3 is 10.4 Å². The maximum Gasteiger partial charge on any atom is 0.224 e. The fraction of sp³-hybridized carbons (Fsp3) is 0.600. The molecule has 0 amide bonds. The SMILES string of the molecule is CC1(C)C(O)CC1Nc1ccnc(Cl)n1. The number of hydrogen-bond acceptors (Lipinski definition) is 4. The van der Waals surface area contributed by atoms with Crippen LogP contribution in [0.5, 0.6) is 0 Å². The number of nitrogens with zero attached hydrogens (tertiary/aromatic N) is 2. The summed E-state index contributed by atoms with van der Waals surface area (Å²) in [6, 6.07) is 2.01. The molecule has 2 N–H and O–H groups in total. The summed E-state index contributed by atoms with van der Waals surface area (Å²) in [6.07, 6.45) is 2.11. The summed E-state index contributed by atoms with van der Waals surface area (Å²) in [7, 11) is 0. The Morgan fingerprint density at radius 1 is 1.60 bits per heavy atom. The Morgan fingerprint density at radius 3 is 2.87 bits per heavy atom. The van der Waals surface area contributed by atoms with E-state index in [9.17, 15) is 5.11 Å². The molecule has 0 radical (unpaired) electrons. The number of aliphatic hydroxyl groups is 1. The van der Waals surface area contributed by atoms with Gasteiger partial charge in [0.25, 0.3) is 0 Å². The molecule has 82 valence electrons. The molecule has 1 fully saturated rings. The highest BCUT2D eigenvalue weighted by Crippen LogP contribution is 2.41. The zero-order valence-corrected chi connectivity index (χ0v) is 9.49. The molecule has 4 nitrogen and oxygen atoms in total. The molecule has 0 aromatic carbocycles. The molecule has 1 saturated carbocycles. The molecule has 0 spiro atoms. The first-order valence-corrected chi connectivity index (χ1v) is 5.31. The fourth-order valence-electron chi connectivity index (χ4n) is 1.74. The standard InChI is InChI=1S/C10H14ClN3O/c1-10(2)6(5-7(10)15)13-8-3-4-12-9(11)14-8/h3-4,6-7,15H,5H2,1-2H3,(H,12,13,14). The van der Waals surface area contributed by atoms with E-state index in [2.05, 4.69) is 15.3 Å². The summed E-state index contributed by atoms with van der Waals surface area (Å²) in [4.78, 5) is 7.85. The van der Waals surface area contributed by atoms with Crippen molar-refractivity contribution in [2.24, 2.45) is 5.41 Å². The van der Waals surface area contributed by atoms with E-state index in [0.29, 0.717) is 5.82 Å². The molecular formula is C10H14ClN3O. The highest BCUT2D eigenvalue weighted by Gasteiger charge is 2.47. The lowest BCUT2D eigenvalue weighted by Crippen LogP contribution is -2.57. The second-order valence-corrected chi connectivity index (χ2v) is 4.82. The van der Waals surface area contributed by atoms with Gasteiger partial charge in [0, 0.05) is 17.7 Å². The summed E-state index contributed by atoms with van der Waals surface area (Å²) in [5.41, 5.74) is -0.114. The van der Waals surface area contributed by atoms with Gasteiger partial charge in [0.2, 0.25) is 5.28 Å². The van der Waals surface area contributed by atoms with Gasteiger partial charge >= 0.3 is 0 Å². The fourth-order valence-corrected chi connectivity index (χ4v) is 1.89. The number of aromatic nitrogens is 2. The van der Waals surface area contributed by atoms with Crippen LogP contribution in [0.15, 0.2) is 12.3 Å². The normalized spacial score (nSPS) is 28.3. The van der Waals surface area contributed by atoms with Gasteiger partial charge in [-0.1, -0.05) is 13.8 Å². The largest absolute Gasteiger partial charge is 0.392 e. The molecule has 5 heteroatoms. The van der Waals surface area contributed by atoms with Crippen LogP contribution in [0, 0.1) is 5.41 Å². The molecule has 1 aliphatic carbocycles. The molecular weight excluding hydrogens is 214 g/mol. The first kappa shape index (κ1) is 10.6. The minimum absolute atomic E-state index is 0.114. The quantitative estimate of drug-likeness (QED) is 0.756. The highest BCUT2D eigenvalue weighted by molar-refractivity contribution is 6.28. The molecule has 2 unspecified atom stereocenters. The second-order valence-electron chi connectivity index (χ2n) is 4.48. The first-order valence-electron chi connectivity index (χ1n) is 4.93. The Balaban J connectivity index is 2.05. The monoisotopic (exact) mass is 227 g/mol.